The van der Waals surface area contributed by atoms with E-state index in [2.05, 4.69) is 5.32 Å². The molecule has 0 heterocycles. The Labute approximate surface area is 208 Å². The summed E-state index contributed by atoms with van der Waals surface area (Å²) >= 11 is 0. The summed E-state index contributed by atoms with van der Waals surface area (Å²) in [4.78, 5) is 51.7. The first kappa shape index (κ1) is 22.9. The number of nitrogens with one attached hydrogen (secondary N) is 1. The molecule has 0 aromatic heterocycles. The number of allylic oxidation sites excluding steroid dienone is 1. The second-order valence-corrected chi connectivity index (χ2v) is 8.52. The zero-order valence-electron chi connectivity index (χ0n) is 19.4. The molecule has 0 atom stereocenters. The summed E-state index contributed by atoms with van der Waals surface area (Å²) in [7, 11) is 0. The number of aryl methyl sites for hydroxylation is 1. The van der Waals surface area contributed by atoms with Crippen LogP contribution in [0.2, 0.25) is 0 Å². The average molecular weight is 472 g/mol. The predicted octanol–water partition coefficient (Wildman–Crippen LogP) is 5.92. The third-order valence-corrected chi connectivity index (χ3v) is 6.21. The van der Waals surface area contributed by atoms with Crippen LogP contribution in [-0.4, -0.2) is 23.3 Å². The second kappa shape index (κ2) is 9.39. The molecule has 1 aliphatic rings. The van der Waals surface area contributed by atoms with Crippen molar-refractivity contribution < 1.29 is 19.2 Å². The van der Waals surface area contributed by atoms with E-state index in [9.17, 15) is 19.2 Å². The van der Waals surface area contributed by atoms with E-state index in [1.807, 2.05) is 31.2 Å². The summed E-state index contributed by atoms with van der Waals surface area (Å²) in [5.41, 5.74) is 4.14. The minimum absolute atomic E-state index is 0.138. The standard InChI is InChI=1S/C31H21NO4/c1-19-7-2-5-12-26(19)32-31(36)21-16-13-20(14-17-21)15-18-27(33)24-10-6-11-25-28(24)30(35)23-9-4-3-8-22(23)29(25)34/h2-18H,1H3,(H,32,36)/b18-15+. The minimum atomic E-state index is -0.381. The molecule has 0 fully saturated rings. The summed E-state index contributed by atoms with van der Waals surface area (Å²) in [5.74, 6) is -1.20. The molecule has 0 spiro atoms. The largest absolute Gasteiger partial charge is 0.322 e. The van der Waals surface area contributed by atoms with E-state index in [-0.39, 0.29) is 39.9 Å². The Hall–Kier alpha value is -4.90. The number of amides is 1. The minimum Gasteiger partial charge on any atom is -0.322 e. The van der Waals surface area contributed by atoms with Crippen molar-refractivity contribution in [2.45, 2.75) is 6.92 Å². The molecule has 4 aromatic rings. The number of ketones is 3. The van der Waals surface area contributed by atoms with Crippen LogP contribution in [0.4, 0.5) is 5.69 Å². The number of carbonyl (C=O) groups excluding carboxylic acids is 4. The van der Waals surface area contributed by atoms with Crippen LogP contribution in [0, 0.1) is 6.92 Å². The van der Waals surface area contributed by atoms with Gasteiger partial charge < -0.3 is 5.32 Å². The van der Waals surface area contributed by atoms with Crippen LogP contribution < -0.4 is 5.32 Å². The quantitative estimate of drug-likeness (QED) is 0.255. The van der Waals surface area contributed by atoms with Crippen molar-refractivity contribution in [2.24, 2.45) is 0 Å². The number of para-hydroxylation sites is 1. The first-order chi connectivity index (χ1) is 17.4. The lowest BCUT2D eigenvalue weighted by Gasteiger charge is -2.19. The molecule has 0 saturated heterocycles. The maximum absolute atomic E-state index is 13.1. The van der Waals surface area contributed by atoms with E-state index >= 15 is 0 Å². The smallest absolute Gasteiger partial charge is 0.255 e. The van der Waals surface area contributed by atoms with Gasteiger partial charge >= 0.3 is 0 Å². The van der Waals surface area contributed by atoms with Gasteiger partial charge in [0.15, 0.2) is 17.3 Å². The summed E-state index contributed by atoms with van der Waals surface area (Å²) < 4.78 is 0. The van der Waals surface area contributed by atoms with E-state index in [0.717, 1.165) is 11.3 Å². The molecule has 5 rings (SSSR count). The molecule has 5 heteroatoms. The Morgan fingerprint density at radius 1 is 0.694 bits per heavy atom. The summed E-state index contributed by atoms with van der Waals surface area (Å²) in [5, 5.41) is 2.89. The van der Waals surface area contributed by atoms with Crippen molar-refractivity contribution in [3.63, 3.8) is 0 Å². The molecule has 1 aliphatic carbocycles. The van der Waals surface area contributed by atoms with Crippen LogP contribution in [-0.2, 0) is 0 Å². The number of hydrogen-bond donors (Lipinski definition) is 1. The molecule has 0 saturated carbocycles. The molecular weight excluding hydrogens is 450 g/mol. The van der Waals surface area contributed by atoms with Crippen LogP contribution >= 0.6 is 0 Å². The van der Waals surface area contributed by atoms with Crippen molar-refractivity contribution in [1.82, 2.24) is 0 Å². The van der Waals surface area contributed by atoms with Crippen LogP contribution in [0.3, 0.4) is 0 Å². The van der Waals surface area contributed by atoms with Gasteiger partial charge in [0.05, 0.1) is 0 Å². The molecule has 174 valence electrons. The molecule has 1 N–H and O–H groups in total. The van der Waals surface area contributed by atoms with Gasteiger partial charge in [0.2, 0.25) is 0 Å². The Balaban J connectivity index is 1.35. The highest BCUT2D eigenvalue weighted by molar-refractivity contribution is 6.31. The van der Waals surface area contributed by atoms with Gasteiger partial charge in [-0.1, -0.05) is 78.9 Å². The van der Waals surface area contributed by atoms with Crippen molar-refractivity contribution in [3.8, 4) is 0 Å². The van der Waals surface area contributed by atoms with Crippen molar-refractivity contribution >= 4 is 35.0 Å². The highest BCUT2D eigenvalue weighted by Gasteiger charge is 2.32. The number of anilines is 1. The van der Waals surface area contributed by atoms with Crippen LogP contribution in [0.25, 0.3) is 6.08 Å². The maximum Gasteiger partial charge on any atom is 0.255 e. The molecule has 5 nitrogen and oxygen atoms in total. The topological polar surface area (TPSA) is 80.3 Å². The third kappa shape index (κ3) is 4.18. The van der Waals surface area contributed by atoms with Crippen LogP contribution in [0.15, 0.2) is 97.1 Å². The Bertz CT molecular complexity index is 1580. The first-order valence-corrected chi connectivity index (χ1v) is 11.4. The van der Waals surface area contributed by atoms with Gasteiger partial charge in [-0.3, -0.25) is 19.2 Å². The van der Waals surface area contributed by atoms with Crippen molar-refractivity contribution in [3.05, 3.63) is 142 Å². The fourth-order valence-corrected chi connectivity index (χ4v) is 4.27. The zero-order valence-corrected chi connectivity index (χ0v) is 19.4. The van der Waals surface area contributed by atoms with E-state index in [4.69, 9.17) is 0 Å². The van der Waals surface area contributed by atoms with Gasteiger partial charge in [-0.25, -0.2) is 0 Å². The lowest BCUT2D eigenvalue weighted by atomic mass is 9.81. The molecule has 0 aliphatic heterocycles. The average Bonchev–Trinajstić information content (AvgIpc) is 2.91. The predicted molar refractivity (Wildman–Crippen MR) is 139 cm³/mol. The van der Waals surface area contributed by atoms with Gasteiger partial charge in [0, 0.05) is 39.1 Å². The monoisotopic (exact) mass is 471 g/mol. The van der Waals surface area contributed by atoms with Gasteiger partial charge in [-0.2, -0.15) is 0 Å². The van der Waals surface area contributed by atoms with Crippen molar-refractivity contribution in [1.29, 1.82) is 0 Å². The van der Waals surface area contributed by atoms with Crippen molar-refractivity contribution in [2.75, 3.05) is 5.32 Å². The van der Waals surface area contributed by atoms with E-state index in [1.165, 1.54) is 6.08 Å². The molecule has 0 unspecified atom stereocenters. The molecule has 0 radical (unpaired) electrons. The summed E-state index contributed by atoms with van der Waals surface area (Å²) in [6.07, 6.45) is 2.99. The van der Waals surface area contributed by atoms with E-state index in [1.54, 1.807) is 72.8 Å². The molecule has 0 bridgehead atoms. The maximum atomic E-state index is 13.1. The normalized spacial score (nSPS) is 12.2. The number of carbonyl (C=O) groups is 4. The van der Waals surface area contributed by atoms with Crippen LogP contribution in [0.5, 0.6) is 0 Å². The lowest BCUT2D eigenvalue weighted by molar-refractivity contribution is 0.0972. The fraction of sp³-hybridized carbons (Fsp3) is 0.0323. The Morgan fingerprint density at radius 2 is 1.33 bits per heavy atom. The number of fused-ring (bicyclic) bond motifs is 2. The Morgan fingerprint density at radius 3 is 2.06 bits per heavy atom. The molecule has 1 amide bonds. The molecular formula is C31H21NO4. The van der Waals surface area contributed by atoms with Crippen LogP contribution in [0.1, 0.15) is 63.7 Å². The SMILES string of the molecule is Cc1ccccc1NC(=O)c1ccc(/C=C/C(=O)c2cccc3c2C(=O)c2ccccc2C3=O)cc1. The van der Waals surface area contributed by atoms with Gasteiger partial charge in [-0.05, 0) is 42.3 Å². The third-order valence-electron chi connectivity index (χ3n) is 6.21. The van der Waals surface area contributed by atoms with Gasteiger partial charge in [-0.15, -0.1) is 0 Å². The highest BCUT2D eigenvalue weighted by atomic mass is 16.2. The van der Waals surface area contributed by atoms with E-state index in [0.29, 0.717) is 22.3 Å². The lowest BCUT2D eigenvalue weighted by Crippen LogP contribution is -2.23. The van der Waals surface area contributed by atoms with Gasteiger partial charge in [0.1, 0.15) is 0 Å². The first-order valence-electron chi connectivity index (χ1n) is 11.4. The van der Waals surface area contributed by atoms with E-state index < -0.39 is 0 Å². The summed E-state index contributed by atoms with van der Waals surface area (Å²) in [6.45, 7) is 1.92. The number of rotatable bonds is 5. The molecule has 36 heavy (non-hydrogen) atoms. The fourth-order valence-electron chi connectivity index (χ4n) is 4.27. The molecule has 4 aromatic carbocycles. The highest BCUT2D eigenvalue weighted by Crippen LogP contribution is 2.30. The zero-order chi connectivity index (χ0) is 25.2. The second-order valence-electron chi connectivity index (χ2n) is 8.52. The number of hydrogen-bond acceptors (Lipinski definition) is 4. The van der Waals surface area contributed by atoms with Gasteiger partial charge in [0.25, 0.3) is 5.91 Å². The Kier molecular flexibility index (Phi) is 5.97. The summed E-state index contributed by atoms with van der Waals surface area (Å²) in [6, 6.07) is 25.8. The number of benzene rings is 4.